The van der Waals surface area contributed by atoms with Crippen molar-refractivity contribution in [3.8, 4) is 17.1 Å². The van der Waals surface area contributed by atoms with Gasteiger partial charge in [0.25, 0.3) is 0 Å². The Hall–Kier alpha value is -2.68. The minimum atomic E-state index is 0.506. The van der Waals surface area contributed by atoms with Crippen molar-refractivity contribution in [3.63, 3.8) is 0 Å². The molecule has 0 N–H and O–H groups in total. The number of benzene rings is 2. The topological polar surface area (TPSA) is 35.0 Å². The highest BCUT2D eigenvalue weighted by Crippen LogP contribution is 2.19. The number of nitrogens with zero attached hydrogens (tertiary/aromatic N) is 2. The third kappa shape index (κ3) is 3.01. The molecule has 0 fully saturated rings. The molecule has 3 heteroatoms. The first-order valence-corrected chi connectivity index (χ1v) is 6.46. The lowest BCUT2D eigenvalue weighted by molar-refractivity contribution is 0.293. The van der Waals surface area contributed by atoms with E-state index in [2.05, 4.69) is 9.97 Å². The van der Waals surface area contributed by atoms with E-state index >= 15 is 0 Å². The van der Waals surface area contributed by atoms with Gasteiger partial charge in [-0.25, -0.2) is 9.97 Å². The second-order valence-corrected chi connectivity index (χ2v) is 4.38. The quantitative estimate of drug-likeness (QED) is 0.718. The molecule has 3 aromatic rings. The van der Waals surface area contributed by atoms with E-state index in [1.165, 1.54) is 6.33 Å². The first kappa shape index (κ1) is 12.4. The van der Waals surface area contributed by atoms with Gasteiger partial charge >= 0.3 is 0 Å². The van der Waals surface area contributed by atoms with Crippen molar-refractivity contribution in [2.75, 3.05) is 0 Å². The van der Waals surface area contributed by atoms with Crippen LogP contribution in [0.1, 0.15) is 5.56 Å². The van der Waals surface area contributed by atoms with E-state index in [9.17, 15) is 0 Å². The first-order valence-electron chi connectivity index (χ1n) is 6.46. The van der Waals surface area contributed by atoms with E-state index < -0.39 is 0 Å². The second kappa shape index (κ2) is 5.97. The fraction of sp³-hybridized carbons (Fsp3) is 0.0588. The van der Waals surface area contributed by atoms with Crippen LogP contribution in [0.4, 0.5) is 0 Å². The zero-order chi connectivity index (χ0) is 13.6. The van der Waals surface area contributed by atoms with E-state index in [4.69, 9.17) is 4.74 Å². The lowest BCUT2D eigenvalue weighted by atomic mass is 10.1. The van der Waals surface area contributed by atoms with Crippen molar-refractivity contribution in [2.45, 2.75) is 6.61 Å². The summed E-state index contributed by atoms with van der Waals surface area (Å²) in [5, 5.41) is 0. The van der Waals surface area contributed by atoms with Gasteiger partial charge in [-0.05, 0) is 5.56 Å². The Morgan fingerprint density at radius 1 is 0.800 bits per heavy atom. The molecule has 3 nitrogen and oxygen atoms in total. The van der Waals surface area contributed by atoms with Gasteiger partial charge < -0.3 is 4.74 Å². The number of hydrogen-bond donors (Lipinski definition) is 0. The molecule has 2 aromatic carbocycles. The monoisotopic (exact) mass is 262 g/mol. The molecule has 0 aliphatic rings. The highest BCUT2D eigenvalue weighted by molar-refractivity contribution is 5.59. The smallest absolute Gasteiger partial charge is 0.217 e. The van der Waals surface area contributed by atoms with Gasteiger partial charge in [-0.3, -0.25) is 0 Å². The maximum atomic E-state index is 5.70. The van der Waals surface area contributed by atoms with Gasteiger partial charge in [0.2, 0.25) is 5.88 Å². The fourth-order valence-corrected chi connectivity index (χ4v) is 1.92. The zero-order valence-corrected chi connectivity index (χ0v) is 10.9. The Kier molecular flexibility index (Phi) is 3.69. The van der Waals surface area contributed by atoms with E-state index in [1.807, 2.05) is 66.7 Å². The molecule has 3 rings (SSSR count). The first-order chi connectivity index (χ1) is 9.92. The summed E-state index contributed by atoms with van der Waals surface area (Å²) in [4.78, 5) is 8.42. The minimum absolute atomic E-state index is 0.506. The van der Waals surface area contributed by atoms with Crippen molar-refractivity contribution in [2.24, 2.45) is 0 Å². The summed E-state index contributed by atoms with van der Waals surface area (Å²) in [5.74, 6) is 0.586. The highest BCUT2D eigenvalue weighted by Gasteiger charge is 2.02. The SMILES string of the molecule is c1ccc(COc2cc(-c3ccccc3)ncn2)cc1. The summed E-state index contributed by atoms with van der Waals surface area (Å²) < 4.78 is 5.70. The maximum Gasteiger partial charge on any atom is 0.217 e. The molecule has 1 heterocycles. The molecule has 0 spiro atoms. The van der Waals surface area contributed by atoms with Crippen LogP contribution in [-0.2, 0) is 6.61 Å². The average molecular weight is 262 g/mol. The highest BCUT2D eigenvalue weighted by atomic mass is 16.5. The van der Waals surface area contributed by atoms with Crippen LogP contribution >= 0.6 is 0 Å². The average Bonchev–Trinajstić information content (AvgIpc) is 2.55. The van der Waals surface area contributed by atoms with Gasteiger partial charge in [0, 0.05) is 11.6 Å². The molecule has 1 aromatic heterocycles. The molecular weight excluding hydrogens is 248 g/mol. The summed E-state index contributed by atoms with van der Waals surface area (Å²) in [5.41, 5.74) is 3.04. The Bertz CT molecular complexity index is 669. The van der Waals surface area contributed by atoms with Crippen molar-refractivity contribution in [1.29, 1.82) is 0 Å². The van der Waals surface area contributed by atoms with Gasteiger partial charge in [0.1, 0.15) is 12.9 Å². The van der Waals surface area contributed by atoms with E-state index in [1.54, 1.807) is 0 Å². The summed E-state index contributed by atoms with van der Waals surface area (Å²) >= 11 is 0. The summed E-state index contributed by atoms with van der Waals surface area (Å²) in [6, 6.07) is 21.9. The van der Waals surface area contributed by atoms with Gasteiger partial charge in [0.15, 0.2) is 0 Å². The summed E-state index contributed by atoms with van der Waals surface area (Å²) in [6.07, 6.45) is 1.53. The minimum Gasteiger partial charge on any atom is -0.473 e. The van der Waals surface area contributed by atoms with Gasteiger partial charge in [-0.1, -0.05) is 60.7 Å². The van der Waals surface area contributed by atoms with Crippen molar-refractivity contribution < 1.29 is 4.74 Å². The number of ether oxygens (including phenoxy) is 1. The van der Waals surface area contributed by atoms with Crippen LogP contribution in [0.3, 0.4) is 0 Å². The van der Waals surface area contributed by atoms with Crippen LogP contribution in [0, 0.1) is 0 Å². The number of rotatable bonds is 4. The van der Waals surface area contributed by atoms with E-state index in [0.29, 0.717) is 12.5 Å². The van der Waals surface area contributed by atoms with Crippen molar-refractivity contribution >= 4 is 0 Å². The summed E-state index contributed by atoms with van der Waals surface area (Å²) in [7, 11) is 0. The predicted octanol–water partition coefficient (Wildman–Crippen LogP) is 3.72. The molecule has 0 radical (unpaired) electrons. The molecule has 0 aliphatic carbocycles. The Balaban J connectivity index is 1.75. The molecule has 0 saturated carbocycles. The molecule has 0 unspecified atom stereocenters. The molecule has 0 atom stereocenters. The Morgan fingerprint density at radius 3 is 2.25 bits per heavy atom. The van der Waals surface area contributed by atoms with E-state index in [-0.39, 0.29) is 0 Å². The van der Waals surface area contributed by atoms with E-state index in [0.717, 1.165) is 16.8 Å². The Labute approximate surface area is 117 Å². The van der Waals surface area contributed by atoms with Crippen LogP contribution < -0.4 is 4.74 Å². The van der Waals surface area contributed by atoms with Gasteiger partial charge in [-0.15, -0.1) is 0 Å². The normalized spacial score (nSPS) is 10.2. The molecule has 0 aliphatic heterocycles. The lowest BCUT2D eigenvalue weighted by Gasteiger charge is -2.06. The number of hydrogen-bond acceptors (Lipinski definition) is 3. The molecule has 20 heavy (non-hydrogen) atoms. The molecule has 0 saturated heterocycles. The fourth-order valence-electron chi connectivity index (χ4n) is 1.92. The van der Waals surface area contributed by atoms with Crippen LogP contribution in [0.25, 0.3) is 11.3 Å². The predicted molar refractivity (Wildman–Crippen MR) is 78.2 cm³/mol. The van der Waals surface area contributed by atoms with Gasteiger partial charge in [0.05, 0.1) is 5.69 Å². The molecule has 98 valence electrons. The summed E-state index contributed by atoms with van der Waals surface area (Å²) in [6.45, 7) is 0.506. The molecular formula is C17H14N2O. The zero-order valence-electron chi connectivity index (χ0n) is 10.9. The third-order valence-corrected chi connectivity index (χ3v) is 2.94. The maximum absolute atomic E-state index is 5.70. The Morgan fingerprint density at radius 2 is 1.50 bits per heavy atom. The van der Waals surface area contributed by atoms with Crippen molar-refractivity contribution in [3.05, 3.63) is 78.6 Å². The largest absolute Gasteiger partial charge is 0.473 e. The molecule has 0 bridgehead atoms. The van der Waals surface area contributed by atoms with Crippen LogP contribution in [0.2, 0.25) is 0 Å². The third-order valence-electron chi connectivity index (χ3n) is 2.94. The molecule has 0 amide bonds. The van der Waals surface area contributed by atoms with Gasteiger partial charge in [-0.2, -0.15) is 0 Å². The van der Waals surface area contributed by atoms with Crippen LogP contribution in [-0.4, -0.2) is 9.97 Å². The lowest BCUT2D eigenvalue weighted by Crippen LogP contribution is -1.98. The van der Waals surface area contributed by atoms with Crippen molar-refractivity contribution in [1.82, 2.24) is 9.97 Å². The second-order valence-electron chi connectivity index (χ2n) is 4.38. The van der Waals surface area contributed by atoms with Crippen LogP contribution in [0.5, 0.6) is 5.88 Å². The standard InChI is InChI=1S/C17H14N2O/c1-3-7-14(8-4-1)12-20-17-11-16(18-13-19-17)15-9-5-2-6-10-15/h1-11,13H,12H2. The number of aromatic nitrogens is 2. The van der Waals surface area contributed by atoms with Crippen LogP contribution in [0.15, 0.2) is 73.1 Å².